The fourth-order valence-corrected chi connectivity index (χ4v) is 6.70. The van der Waals surface area contributed by atoms with Crippen molar-refractivity contribution in [1.82, 2.24) is 5.32 Å². The number of halogens is 3. The molecule has 5 nitrogen and oxygen atoms in total. The van der Waals surface area contributed by atoms with Crippen LogP contribution in [-0.4, -0.2) is 38.1 Å². The van der Waals surface area contributed by atoms with Crippen LogP contribution in [0.1, 0.15) is 72.1 Å². The molecule has 0 aliphatic heterocycles. The first-order chi connectivity index (χ1) is 22.3. The molecule has 6 rings (SSSR count). The summed E-state index contributed by atoms with van der Waals surface area (Å²) in [6, 6.07) is 17.2. The topological polar surface area (TPSA) is 64.6 Å². The fourth-order valence-electron chi connectivity index (χ4n) is 6.70. The van der Waals surface area contributed by atoms with E-state index in [-0.39, 0.29) is 34.7 Å². The minimum absolute atomic E-state index is 0.00478. The third kappa shape index (κ3) is 8.08. The van der Waals surface area contributed by atoms with Crippen molar-refractivity contribution in [2.75, 3.05) is 19.8 Å². The molecular formula is C38H40F3NO4. The van der Waals surface area contributed by atoms with E-state index in [2.05, 4.69) is 11.4 Å². The van der Waals surface area contributed by atoms with Gasteiger partial charge in [-0.15, -0.1) is 0 Å². The van der Waals surface area contributed by atoms with Crippen molar-refractivity contribution in [3.63, 3.8) is 0 Å². The van der Waals surface area contributed by atoms with E-state index < -0.39 is 12.5 Å². The highest BCUT2D eigenvalue weighted by molar-refractivity contribution is 5.98. The highest BCUT2D eigenvalue weighted by Crippen LogP contribution is 2.35. The highest BCUT2D eigenvalue weighted by atomic mass is 19.3. The van der Waals surface area contributed by atoms with Crippen LogP contribution in [0.4, 0.5) is 13.2 Å². The molecule has 0 spiro atoms. The van der Waals surface area contributed by atoms with Crippen LogP contribution in [0.25, 0.3) is 23.3 Å². The molecule has 3 aromatic rings. The number of nitrogens with one attached hydrogen (secondary N) is 1. The Labute approximate surface area is 267 Å². The van der Waals surface area contributed by atoms with Crippen molar-refractivity contribution >= 4 is 23.8 Å². The summed E-state index contributed by atoms with van der Waals surface area (Å²) in [5, 5.41) is 4.10. The minimum atomic E-state index is -3.04. The summed E-state index contributed by atoms with van der Waals surface area (Å²) in [5.74, 6) is 0.550. The van der Waals surface area contributed by atoms with Gasteiger partial charge >= 0.3 is 6.61 Å². The van der Waals surface area contributed by atoms with Gasteiger partial charge in [-0.2, -0.15) is 8.78 Å². The van der Waals surface area contributed by atoms with E-state index in [9.17, 15) is 22.8 Å². The molecule has 3 aliphatic rings. The number of benzene rings is 3. The van der Waals surface area contributed by atoms with Gasteiger partial charge in [0.25, 0.3) is 5.91 Å². The third-order valence-corrected chi connectivity index (χ3v) is 9.51. The normalized spacial score (nSPS) is 20.5. The molecule has 0 bridgehead atoms. The van der Waals surface area contributed by atoms with E-state index in [4.69, 9.17) is 9.47 Å². The largest absolute Gasteiger partial charge is 0.433 e. The summed E-state index contributed by atoms with van der Waals surface area (Å²) in [6.07, 6.45) is 11.8. The summed E-state index contributed by atoms with van der Waals surface area (Å²) in [4.78, 5) is 26.1. The molecule has 8 heteroatoms. The van der Waals surface area contributed by atoms with Crippen LogP contribution in [0.3, 0.4) is 0 Å². The second kappa shape index (κ2) is 14.7. The van der Waals surface area contributed by atoms with Gasteiger partial charge in [-0.05, 0) is 104 Å². The maximum Gasteiger partial charge on any atom is 0.387 e. The van der Waals surface area contributed by atoms with Gasteiger partial charge in [0.15, 0.2) is 5.78 Å². The quantitative estimate of drug-likeness (QED) is 0.155. The van der Waals surface area contributed by atoms with E-state index in [0.717, 1.165) is 54.9 Å². The summed E-state index contributed by atoms with van der Waals surface area (Å²) >= 11 is 0. The summed E-state index contributed by atoms with van der Waals surface area (Å²) < 4.78 is 50.5. The fraction of sp³-hybridized carbons (Fsp3) is 0.421. The molecule has 2 fully saturated rings. The molecule has 1 unspecified atom stereocenters. The Kier molecular flexibility index (Phi) is 10.2. The van der Waals surface area contributed by atoms with Crippen LogP contribution in [0, 0.1) is 29.5 Å². The first-order valence-corrected chi connectivity index (χ1v) is 16.4. The Hall–Kier alpha value is -3.91. The molecule has 46 heavy (non-hydrogen) atoms. The number of alkyl halides is 2. The number of ketones is 1. The second-order valence-corrected chi connectivity index (χ2v) is 12.8. The summed E-state index contributed by atoms with van der Waals surface area (Å²) in [7, 11) is 0. The molecule has 0 heterocycles. The van der Waals surface area contributed by atoms with Crippen molar-refractivity contribution in [1.29, 1.82) is 0 Å². The Balaban J connectivity index is 1.01. The maximum absolute atomic E-state index is 13.4. The lowest BCUT2D eigenvalue weighted by Crippen LogP contribution is -2.32. The van der Waals surface area contributed by atoms with Crippen molar-refractivity contribution in [2.45, 2.75) is 58.0 Å². The maximum atomic E-state index is 13.4. The minimum Gasteiger partial charge on any atom is -0.433 e. The molecule has 3 aromatic carbocycles. The molecule has 1 amide bonds. The zero-order valence-corrected chi connectivity index (χ0v) is 25.9. The molecule has 0 aromatic heterocycles. The molecule has 1 N–H and O–H groups in total. The first kappa shape index (κ1) is 32.0. The van der Waals surface area contributed by atoms with Gasteiger partial charge in [-0.25, -0.2) is 4.39 Å². The monoisotopic (exact) mass is 631 g/mol. The van der Waals surface area contributed by atoms with Gasteiger partial charge in [-0.1, -0.05) is 54.6 Å². The van der Waals surface area contributed by atoms with Crippen LogP contribution >= 0.6 is 0 Å². The molecule has 1 atom stereocenters. The van der Waals surface area contributed by atoms with Gasteiger partial charge < -0.3 is 14.8 Å². The Morgan fingerprint density at radius 1 is 0.804 bits per heavy atom. The number of carbonyl (C=O) groups excluding carboxylic acids is 2. The van der Waals surface area contributed by atoms with E-state index in [1.807, 2.05) is 30.3 Å². The predicted molar refractivity (Wildman–Crippen MR) is 171 cm³/mol. The number of hydrogen-bond donors (Lipinski definition) is 1. The lowest BCUT2D eigenvalue weighted by molar-refractivity contribution is -0.0508. The third-order valence-electron chi connectivity index (χ3n) is 9.51. The average molecular weight is 632 g/mol. The number of amides is 1. The Morgan fingerprint density at radius 3 is 2.15 bits per heavy atom. The molecule has 3 aliphatic carbocycles. The smallest absolute Gasteiger partial charge is 0.387 e. The SMILES string of the molecule is O=C(NCCOCC1CC1)c1ccc2c(c1OC(F)F)=CC(CCC1CCC(C(=O)c3ccc(-c4ccc(F)cc4)cc3)CC1)C=2. The van der Waals surface area contributed by atoms with Crippen molar-refractivity contribution < 1.29 is 32.2 Å². The number of hydrogen-bond acceptors (Lipinski definition) is 4. The van der Waals surface area contributed by atoms with Gasteiger partial charge in [0.1, 0.15) is 11.6 Å². The van der Waals surface area contributed by atoms with Crippen LogP contribution in [0.2, 0.25) is 0 Å². The molecule has 242 valence electrons. The number of rotatable bonds is 14. The number of fused-ring (bicyclic) bond motifs is 1. The molecule has 0 radical (unpaired) electrons. The van der Waals surface area contributed by atoms with E-state index in [1.165, 1.54) is 25.0 Å². The van der Waals surface area contributed by atoms with Crippen LogP contribution in [-0.2, 0) is 4.74 Å². The van der Waals surface area contributed by atoms with Crippen LogP contribution < -0.4 is 20.5 Å². The van der Waals surface area contributed by atoms with E-state index in [1.54, 1.807) is 24.3 Å². The number of Topliss-reactive ketones (excluding diaryl/α,β-unsaturated/α-hetero) is 1. The highest BCUT2D eigenvalue weighted by Gasteiger charge is 2.28. The average Bonchev–Trinajstić information content (AvgIpc) is 3.80. The van der Waals surface area contributed by atoms with E-state index in [0.29, 0.717) is 42.4 Å². The Bertz CT molecular complexity index is 1640. The summed E-state index contributed by atoms with van der Waals surface area (Å²) in [5.41, 5.74) is 2.66. The van der Waals surface area contributed by atoms with Gasteiger partial charge in [0.05, 0.1) is 12.2 Å². The second-order valence-electron chi connectivity index (χ2n) is 12.8. The lowest BCUT2D eigenvalue weighted by Gasteiger charge is -2.28. The summed E-state index contributed by atoms with van der Waals surface area (Å²) in [6.45, 7) is -1.68. The standard InChI is InChI=1S/C38H40F3NO4/c39-32-16-13-28(14-17-32)27-9-11-30(12-10-27)35(43)29-7-5-24(6-8-29)1-4-26-21-31-15-18-33(36(34(31)22-26)46-38(40)41)37(44)42-19-20-45-23-25-2-3-25/h9-18,21-22,24-26,29,38H,1-8,19-20,23H2,(H,42,44). The zero-order chi connectivity index (χ0) is 32.0. The molecule has 0 saturated heterocycles. The Morgan fingerprint density at radius 2 is 1.48 bits per heavy atom. The van der Waals surface area contributed by atoms with Gasteiger partial charge in [-0.3, -0.25) is 9.59 Å². The zero-order valence-electron chi connectivity index (χ0n) is 25.9. The number of carbonyl (C=O) groups is 2. The van der Waals surface area contributed by atoms with E-state index >= 15 is 0 Å². The first-order valence-electron chi connectivity index (χ1n) is 16.4. The number of ether oxygens (including phenoxy) is 2. The predicted octanol–water partition coefficient (Wildman–Crippen LogP) is 6.91. The van der Waals surface area contributed by atoms with Gasteiger partial charge in [0, 0.05) is 29.9 Å². The van der Waals surface area contributed by atoms with Crippen LogP contribution in [0.5, 0.6) is 5.75 Å². The van der Waals surface area contributed by atoms with Crippen molar-refractivity contribution in [3.8, 4) is 16.9 Å². The lowest BCUT2D eigenvalue weighted by atomic mass is 9.76. The van der Waals surface area contributed by atoms with Gasteiger partial charge in [0.2, 0.25) is 0 Å². The van der Waals surface area contributed by atoms with Crippen LogP contribution in [0.15, 0.2) is 60.7 Å². The molecule has 2 saturated carbocycles. The molecular weight excluding hydrogens is 591 g/mol. The van der Waals surface area contributed by atoms with Crippen molar-refractivity contribution in [2.24, 2.45) is 23.7 Å². The van der Waals surface area contributed by atoms with Crippen molar-refractivity contribution in [3.05, 3.63) is 88.0 Å².